The Hall–Kier alpha value is -1.37. The zero-order valence-corrected chi connectivity index (χ0v) is 15.6. The van der Waals surface area contributed by atoms with Gasteiger partial charge in [-0.05, 0) is 38.4 Å². The monoisotopic (exact) mass is 349 g/mol. The van der Waals surface area contributed by atoms with Crippen molar-refractivity contribution in [1.29, 1.82) is 0 Å². The predicted molar refractivity (Wildman–Crippen MR) is 96.3 cm³/mol. The summed E-state index contributed by atoms with van der Waals surface area (Å²) in [5, 5.41) is 0. The molecule has 0 spiro atoms. The molecule has 0 bridgehead atoms. The molecule has 1 unspecified atom stereocenters. The highest BCUT2D eigenvalue weighted by Gasteiger charge is 2.28. The van der Waals surface area contributed by atoms with E-state index in [0.717, 1.165) is 52.2 Å². The normalized spacial score (nSPS) is 22.9. The lowest BCUT2D eigenvalue weighted by Crippen LogP contribution is -2.39. The van der Waals surface area contributed by atoms with Gasteiger partial charge in [0.1, 0.15) is 0 Å². The fraction of sp³-hybridized carbons (Fsp3) is 0.737. The van der Waals surface area contributed by atoms with Crippen LogP contribution in [-0.4, -0.2) is 66.3 Å². The van der Waals surface area contributed by atoms with Crippen molar-refractivity contribution < 1.29 is 14.3 Å². The van der Waals surface area contributed by atoms with E-state index in [1.54, 1.807) is 0 Å². The first-order valence-electron chi connectivity index (χ1n) is 9.53. The summed E-state index contributed by atoms with van der Waals surface area (Å²) in [5.74, 6) is -0.114. The zero-order chi connectivity index (χ0) is 17.6. The highest BCUT2D eigenvalue weighted by molar-refractivity contribution is 5.71. The van der Waals surface area contributed by atoms with Crippen molar-refractivity contribution in [3.8, 4) is 0 Å². The first kappa shape index (κ1) is 18.4. The number of hydrogen-bond acceptors (Lipinski definition) is 5. The molecule has 2 saturated heterocycles. The third-order valence-corrected chi connectivity index (χ3v) is 5.35. The van der Waals surface area contributed by atoms with Gasteiger partial charge in [0.05, 0.1) is 32.4 Å². The van der Waals surface area contributed by atoms with Crippen molar-refractivity contribution in [3.05, 3.63) is 23.5 Å². The van der Waals surface area contributed by atoms with Gasteiger partial charge in [0.25, 0.3) is 0 Å². The van der Waals surface area contributed by atoms with Crippen LogP contribution in [-0.2, 0) is 27.9 Å². The summed E-state index contributed by atoms with van der Waals surface area (Å²) in [6.45, 7) is 8.28. The Balaban J connectivity index is 1.69. The van der Waals surface area contributed by atoms with E-state index >= 15 is 0 Å². The molecule has 0 saturated carbocycles. The smallest absolute Gasteiger partial charge is 0.320 e. The van der Waals surface area contributed by atoms with E-state index in [4.69, 9.17) is 9.47 Å². The minimum absolute atomic E-state index is 0.114. The Labute approximate surface area is 150 Å². The van der Waals surface area contributed by atoms with E-state index in [1.165, 1.54) is 17.8 Å². The largest absolute Gasteiger partial charge is 0.465 e. The standard InChI is InChI=1S/C19H31N3O3/c1-3-25-19(23)15-22-9-5-4-6-18(22)17-8-7-16(20(17)2)14-21-10-12-24-13-11-21/h7-8,18H,3-6,9-15H2,1-2H3. The molecule has 2 aliphatic rings. The molecule has 25 heavy (non-hydrogen) atoms. The van der Waals surface area contributed by atoms with Crippen LogP contribution in [0.1, 0.15) is 43.6 Å². The average molecular weight is 349 g/mol. The molecule has 0 N–H and O–H groups in total. The Morgan fingerprint density at radius 1 is 1.24 bits per heavy atom. The second-order valence-electron chi connectivity index (χ2n) is 6.98. The quantitative estimate of drug-likeness (QED) is 0.735. The van der Waals surface area contributed by atoms with Gasteiger partial charge in [0, 0.05) is 38.1 Å². The lowest BCUT2D eigenvalue weighted by Gasteiger charge is -2.35. The fourth-order valence-corrected chi connectivity index (χ4v) is 3.94. The molecule has 0 aliphatic carbocycles. The maximum absolute atomic E-state index is 12.0. The van der Waals surface area contributed by atoms with E-state index < -0.39 is 0 Å². The SMILES string of the molecule is CCOC(=O)CN1CCCCC1c1ccc(CN2CCOCC2)n1C. The molecule has 0 radical (unpaired) electrons. The van der Waals surface area contributed by atoms with Crippen LogP contribution in [0.3, 0.4) is 0 Å². The molecular weight excluding hydrogens is 318 g/mol. The van der Waals surface area contributed by atoms with E-state index in [2.05, 4.69) is 33.5 Å². The summed E-state index contributed by atoms with van der Waals surface area (Å²) in [6, 6.07) is 4.79. The summed E-state index contributed by atoms with van der Waals surface area (Å²) in [7, 11) is 2.16. The summed E-state index contributed by atoms with van der Waals surface area (Å²) in [5.41, 5.74) is 2.64. The molecule has 1 aromatic rings. The first-order chi connectivity index (χ1) is 12.2. The van der Waals surface area contributed by atoms with Crippen LogP contribution in [0, 0.1) is 0 Å². The predicted octanol–water partition coefficient (Wildman–Crippen LogP) is 1.95. The second kappa shape index (κ2) is 8.83. The summed E-state index contributed by atoms with van der Waals surface area (Å²) >= 11 is 0. The molecular formula is C19H31N3O3. The minimum atomic E-state index is -0.114. The number of carbonyl (C=O) groups excluding carboxylic acids is 1. The molecule has 6 nitrogen and oxygen atoms in total. The van der Waals surface area contributed by atoms with Crippen LogP contribution in [0.4, 0.5) is 0 Å². The van der Waals surface area contributed by atoms with Crippen LogP contribution in [0.5, 0.6) is 0 Å². The highest BCUT2D eigenvalue weighted by atomic mass is 16.5. The molecule has 140 valence electrons. The number of likely N-dealkylation sites (tertiary alicyclic amines) is 1. The topological polar surface area (TPSA) is 46.9 Å². The van der Waals surface area contributed by atoms with Gasteiger partial charge in [-0.15, -0.1) is 0 Å². The van der Waals surface area contributed by atoms with Crippen molar-refractivity contribution in [2.75, 3.05) is 46.0 Å². The maximum Gasteiger partial charge on any atom is 0.320 e. The number of ether oxygens (including phenoxy) is 2. The van der Waals surface area contributed by atoms with Crippen molar-refractivity contribution >= 4 is 5.97 Å². The van der Waals surface area contributed by atoms with E-state index in [-0.39, 0.29) is 5.97 Å². The number of aromatic nitrogens is 1. The number of esters is 1. The molecule has 0 amide bonds. The molecule has 1 aromatic heterocycles. The summed E-state index contributed by atoms with van der Waals surface area (Å²) in [6.07, 6.45) is 3.48. The van der Waals surface area contributed by atoms with Crippen molar-refractivity contribution in [3.63, 3.8) is 0 Å². The zero-order valence-electron chi connectivity index (χ0n) is 15.6. The van der Waals surface area contributed by atoms with Gasteiger partial charge >= 0.3 is 5.97 Å². The number of rotatable bonds is 6. The lowest BCUT2D eigenvalue weighted by molar-refractivity contribution is -0.145. The van der Waals surface area contributed by atoms with Gasteiger partial charge in [0.15, 0.2) is 0 Å². The molecule has 2 fully saturated rings. The molecule has 2 aliphatic heterocycles. The van der Waals surface area contributed by atoms with Gasteiger partial charge in [-0.25, -0.2) is 0 Å². The molecule has 6 heteroatoms. The first-order valence-corrected chi connectivity index (χ1v) is 9.53. The Morgan fingerprint density at radius 3 is 2.80 bits per heavy atom. The fourth-order valence-electron chi connectivity index (χ4n) is 3.94. The van der Waals surface area contributed by atoms with Gasteiger partial charge in [0.2, 0.25) is 0 Å². The number of hydrogen-bond donors (Lipinski definition) is 0. The summed E-state index contributed by atoms with van der Waals surface area (Å²) in [4.78, 5) is 16.7. The molecule has 0 aromatic carbocycles. The number of carbonyl (C=O) groups is 1. The molecule has 3 rings (SSSR count). The lowest BCUT2D eigenvalue weighted by atomic mass is 9.99. The van der Waals surface area contributed by atoms with Crippen LogP contribution in [0.2, 0.25) is 0 Å². The molecule has 1 atom stereocenters. The number of nitrogens with zero attached hydrogens (tertiary/aromatic N) is 3. The van der Waals surface area contributed by atoms with Gasteiger partial charge < -0.3 is 14.0 Å². The maximum atomic E-state index is 12.0. The Kier molecular flexibility index (Phi) is 6.51. The molecule has 3 heterocycles. The van der Waals surface area contributed by atoms with Crippen LogP contribution in [0.25, 0.3) is 0 Å². The van der Waals surface area contributed by atoms with Crippen LogP contribution >= 0.6 is 0 Å². The van der Waals surface area contributed by atoms with Crippen molar-refractivity contribution in [1.82, 2.24) is 14.4 Å². The number of morpholine rings is 1. The van der Waals surface area contributed by atoms with Crippen LogP contribution in [0.15, 0.2) is 12.1 Å². The van der Waals surface area contributed by atoms with Gasteiger partial charge in [-0.2, -0.15) is 0 Å². The minimum Gasteiger partial charge on any atom is -0.465 e. The van der Waals surface area contributed by atoms with E-state index in [1.807, 2.05) is 6.92 Å². The van der Waals surface area contributed by atoms with Crippen molar-refractivity contribution in [2.24, 2.45) is 7.05 Å². The third-order valence-electron chi connectivity index (χ3n) is 5.35. The van der Waals surface area contributed by atoms with Gasteiger partial charge in [-0.3, -0.25) is 14.6 Å². The Bertz CT molecular complexity index is 566. The highest BCUT2D eigenvalue weighted by Crippen LogP contribution is 2.31. The second-order valence-corrected chi connectivity index (χ2v) is 6.98. The van der Waals surface area contributed by atoms with Crippen LogP contribution < -0.4 is 0 Å². The Morgan fingerprint density at radius 2 is 2.04 bits per heavy atom. The van der Waals surface area contributed by atoms with Gasteiger partial charge in [-0.1, -0.05) is 6.42 Å². The van der Waals surface area contributed by atoms with E-state index in [9.17, 15) is 4.79 Å². The summed E-state index contributed by atoms with van der Waals surface area (Å²) < 4.78 is 12.9. The number of piperidine rings is 1. The van der Waals surface area contributed by atoms with E-state index in [0.29, 0.717) is 19.2 Å². The van der Waals surface area contributed by atoms with Crippen molar-refractivity contribution in [2.45, 2.75) is 38.8 Å². The average Bonchev–Trinajstić information content (AvgIpc) is 2.97. The third kappa shape index (κ3) is 4.63.